The van der Waals surface area contributed by atoms with Crippen LogP contribution in [0, 0.1) is 6.92 Å². The van der Waals surface area contributed by atoms with Crippen LogP contribution in [0.4, 0.5) is 11.4 Å². The van der Waals surface area contributed by atoms with Gasteiger partial charge in [-0.15, -0.1) is 0 Å². The van der Waals surface area contributed by atoms with Gasteiger partial charge in [0.2, 0.25) is 0 Å². The average Bonchev–Trinajstić information content (AvgIpc) is 2.67. The van der Waals surface area contributed by atoms with Gasteiger partial charge in [0, 0.05) is 25.0 Å². The van der Waals surface area contributed by atoms with E-state index in [9.17, 15) is 0 Å². The van der Waals surface area contributed by atoms with Gasteiger partial charge in [-0.1, -0.05) is 13.8 Å². The number of benzene rings is 2. The van der Waals surface area contributed by atoms with Gasteiger partial charge in [0.05, 0.1) is 26.0 Å². The summed E-state index contributed by atoms with van der Waals surface area (Å²) in [6, 6.07) is 12.7. The van der Waals surface area contributed by atoms with Gasteiger partial charge in [-0.05, 0) is 65.9 Å². The quantitative estimate of drug-likeness (QED) is 0.731. The average molecular weight is 352 g/mol. The molecule has 1 heterocycles. The van der Waals surface area contributed by atoms with Crippen molar-refractivity contribution in [3.63, 3.8) is 0 Å². The number of morpholine rings is 1. The number of rotatable bonds is 5. The first-order valence-corrected chi connectivity index (χ1v) is 9.24. The number of aliphatic imine (C=N–C) groups is 1. The van der Waals surface area contributed by atoms with Gasteiger partial charge < -0.3 is 14.4 Å². The molecular weight excluding hydrogens is 324 g/mol. The SMILES string of the molecule is COc1cc(C)c(C=Nc2ccc(N3CCOCC3)cc2)cc1C(C)C. The van der Waals surface area contributed by atoms with E-state index in [2.05, 4.69) is 67.1 Å². The summed E-state index contributed by atoms with van der Waals surface area (Å²) in [6.45, 7) is 9.95. The maximum Gasteiger partial charge on any atom is 0.122 e. The lowest BCUT2D eigenvalue weighted by Crippen LogP contribution is -2.36. The molecule has 1 saturated heterocycles. The summed E-state index contributed by atoms with van der Waals surface area (Å²) >= 11 is 0. The number of hydrogen-bond acceptors (Lipinski definition) is 4. The molecule has 2 aromatic rings. The lowest BCUT2D eigenvalue weighted by Gasteiger charge is -2.28. The number of nitrogens with zero attached hydrogens (tertiary/aromatic N) is 2. The minimum atomic E-state index is 0.408. The van der Waals surface area contributed by atoms with E-state index in [-0.39, 0.29) is 0 Å². The third kappa shape index (κ3) is 4.25. The van der Waals surface area contributed by atoms with Crippen LogP contribution in [0.15, 0.2) is 41.4 Å². The van der Waals surface area contributed by atoms with Gasteiger partial charge in [-0.3, -0.25) is 4.99 Å². The van der Waals surface area contributed by atoms with Crippen LogP contribution in [0.25, 0.3) is 0 Å². The number of ether oxygens (including phenoxy) is 2. The highest BCUT2D eigenvalue weighted by molar-refractivity contribution is 5.84. The molecule has 2 aromatic carbocycles. The highest BCUT2D eigenvalue weighted by Crippen LogP contribution is 2.29. The summed E-state index contributed by atoms with van der Waals surface area (Å²) < 4.78 is 10.9. The maximum absolute atomic E-state index is 5.52. The zero-order valence-corrected chi connectivity index (χ0v) is 16.2. The van der Waals surface area contributed by atoms with Gasteiger partial charge >= 0.3 is 0 Å². The molecule has 138 valence electrons. The highest BCUT2D eigenvalue weighted by Gasteiger charge is 2.11. The molecule has 0 aromatic heterocycles. The molecule has 0 amide bonds. The van der Waals surface area contributed by atoms with Gasteiger partial charge in [0.25, 0.3) is 0 Å². The fraction of sp³-hybridized carbons (Fsp3) is 0.409. The lowest BCUT2D eigenvalue weighted by molar-refractivity contribution is 0.122. The third-order valence-electron chi connectivity index (χ3n) is 4.82. The van der Waals surface area contributed by atoms with Crippen molar-refractivity contribution in [3.05, 3.63) is 53.1 Å². The standard InChI is InChI=1S/C22H28N2O2/c1-16(2)21-14-18(17(3)13-22(21)25-4)15-23-19-5-7-20(8-6-19)24-9-11-26-12-10-24/h5-8,13-16H,9-12H2,1-4H3. The van der Waals surface area contributed by atoms with E-state index < -0.39 is 0 Å². The molecular formula is C22H28N2O2. The van der Waals surface area contributed by atoms with E-state index in [1.54, 1.807) is 7.11 Å². The zero-order chi connectivity index (χ0) is 18.5. The molecule has 4 nitrogen and oxygen atoms in total. The Morgan fingerprint density at radius 2 is 1.81 bits per heavy atom. The Hall–Kier alpha value is -2.33. The Morgan fingerprint density at radius 1 is 1.12 bits per heavy atom. The molecule has 1 fully saturated rings. The normalized spacial score (nSPS) is 15.0. The van der Waals surface area contributed by atoms with Crippen LogP contribution in [-0.4, -0.2) is 39.6 Å². The summed E-state index contributed by atoms with van der Waals surface area (Å²) in [5.74, 6) is 1.36. The van der Waals surface area contributed by atoms with Crippen molar-refractivity contribution < 1.29 is 9.47 Å². The number of hydrogen-bond donors (Lipinski definition) is 0. The van der Waals surface area contributed by atoms with Crippen LogP contribution in [0.5, 0.6) is 5.75 Å². The highest BCUT2D eigenvalue weighted by atomic mass is 16.5. The van der Waals surface area contributed by atoms with Crippen molar-refractivity contribution in [3.8, 4) is 5.75 Å². The smallest absolute Gasteiger partial charge is 0.122 e. The molecule has 1 aliphatic heterocycles. The van der Waals surface area contributed by atoms with Crippen molar-refractivity contribution in [1.82, 2.24) is 0 Å². The molecule has 0 unspecified atom stereocenters. The summed E-state index contributed by atoms with van der Waals surface area (Å²) in [5.41, 5.74) is 5.70. The van der Waals surface area contributed by atoms with Crippen LogP contribution in [0.2, 0.25) is 0 Å². The first kappa shape index (κ1) is 18.5. The molecule has 0 N–H and O–H groups in total. The molecule has 4 heteroatoms. The van der Waals surface area contributed by atoms with Crippen LogP contribution >= 0.6 is 0 Å². The molecule has 0 atom stereocenters. The Kier molecular flexibility index (Phi) is 5.94. The van der Waals surface area contributed by atoms with Crippen LogP contribution in [0.1, 0.15) is 36.5 Å². The molecule has 0 saturated carbocycles. The maximum atomic E-state index is 5.52. The van der Waals surface area contributed by atoms with E-state index in [1.807, 2.05) is 6.21 Å². The lowest BCUT2D eigenvalue weighted by atomic mass is 9.97. The molecule has 0 spiro atoms. The minimum absolute atomic E-state index is 0.408. The summed E-state index contributed by atoms with van der Waals surface area (Å²) in [4.78, 5) is 7.02. The van der Waals surface area contributed by atoms with Crippen molar-refractivity contribution in [1.29, 1.82) is 0 Å². The van der Waals surface area contributed by atoms with Crippen molar-refractivity contribution in [2.45, 2.75) is 26.7 Å². The Bertz CT molecular complexity index is 760. The fourth-order valence-corrected chi connectivity index (χ4v) is 3.20. The van der Waals surface area contributed by atoms with Crippen molar-refractivity contribution in [2.24, 2.45) is 4.99 Å². The summed E-state index contributed by atoms with van der Waals surface area (Å²) in [7, 11) is 1.73. The van der Waals surface area contributed by atoms with Gasteiger partial charge in [-0.25, -0.2) is 0 Å². The fourth-order valence-electron chi connectivity index (χ4n) is 3.20. The van der Waals surface area contributed by atoms with E-state index in [1.165, 1.54) is 16.8 Å². The van der Waals surface area contributed by atoms with Crippen molar-refractivity contribution in [2.75, 3.05) is 38.3 Å². The van der Waals surface area contributed by atoms with E-state index in [0.717, 1.165) is 43.3 Å². The Balaban J connectivity index is 1.78. The molecule has 1 aliphatic rings. The monoisotopic (exact) mass is 352 g/mol. The molecule has 0 bridgehead atoms. The van der Waals surface area contributed by atoms with E-state index in [4.69, 9.17) is 9.47 Å². The minimum Gasteiger partial charge on any atom is -0.496 e. The van der Waals surface area contributed by atoms with Crippen molar-refractivity contribution >= 4 is 17.6 Å². The van der Waals surface area contributed by atoms with Crippen LogP contribution in [-0.2, 0) is 4.74 Å². The van der Waals surface area contributed by atoms with Gasteiger partial charge in [0.15, 0.2) is 0 Å². The Morgan fingerprint density at radius 3 is 2.42 bits per heavy atom. The predicted molar refractivity (Wildman–Crippen MR) is 109 cm³/mol. The molecule has 26 heavy (non-hydrogen) atoms. The number of anilines is 1. The molecule has 0 aliphatic carbocycles. The molecule has 0 radical (unpaired) electrons. The second-order valence-electron chi connectivity index (χ2n) is 6.98. The van der Waals surface area contributed by atoms with E-state index >= 15 is 0 Å². The van der Waals surface area contributed by atoms with Crippen LogP contribution in [0.3, 0.4) is 0 Å². The number of methoxy groups -OCH3 is 1. The van der Waals surface area contributed by atoms with Gasteiger partial charge in [0.1, 0.15) is 5.75 Å². The largest absolute Gasteiger partial charge is 0.496 e. The van der Waals surface area contributed by atoms with Crippen LogP contribution < -0.4 is 9.64 Å². The van der Waals surface area contributed by atoms with Gasteiger partial charge in [-0.2, -0.15) is 0 Å². The first-order chi connectivity index (χ1) is 12.6. The zero-order valence-electron chi connectivity index (χ0n) is 16.2. The predicted octanol–water partition coefficient (Wildman–Crippen LogP) is 4.71. The summed E-state index contributed by atoms with van der Waals surface area (Å²) in [5, 5.41) is 0. The first-order valence-electron chi connectivity index (χ1n) is 9.24. The second-order valence-corrected chi connectivity index (χ2v) is 6.98. The Labute approximate surface area is 156 Å². The third-order valence-corrected chi connectivity index (χ3v) is 4.82. The molecule has 3 rings (SSSR count). The topological polar surface area (TPSA) is 34.1 Å². The summed E-state index contributed by atoms with van der Waals surface area (Å²) in [6.07, 6.45) is 1.95. The second kappa shape index (κ2) is 8.37. The number of aryl methyl sites for hydroxylation is 1. The van der Waals surface area contributed by atoms with E-state index in [0.29, 0.717) is 5.92 Å².